The van der Waals surface area contributed by atoms with Crippen molar-refractivity contribution >= 4 is 5.91 Å². The molecule has 0 aromatic heterocycles. The number of carbonyl (C=O) groups excluding carboxylic acids is 1. The van der Waals surface area contributed by atoms with Gasteiger partial charge in [0, 0.05) is 11.6 Å². The van der Waals surface area contributed by atoms with Crippen LogP contribution in [0.3, 0.4) is 0 Å². The van der Waals surface area contributed by atoms with Crippen molar-refractivity contribution in [1.29, 1.82) is 0 Å². The van der Waals surface area contributed by atoms with Crippen molar-refractivity contribution in [2.75, 3.05) is 0 Å². The van der Waals surface area contributed by atoms with Crippen molar-refractivity contribution in [3.8, 4) is 0 Å². The zero-order valence-electron chi connectivity index (χ0n) is 8.96. The molecule has 0 aromatic rings. The summed E-state index contributed by atoms with van der Waals surface area (Å²) in [6, 6.07) is 0. The van der Waals surface area contributed by atoms with Gasteiger partial charge in [0.05, 0.1) is 0 Å². The van der Waals surface area contributed by atoms with Crippen LogP contribution in [0.2, 0.25) is 0 Å². The van der Waals surface area contributed by atoms with Gasteiger partial charge in [-0.3, -0.25) is 4.79 Å². The average Bonchev–Trinajstić information content (AvgIpc) is 2.21. The number of allylic oxidation sites excluding steroid dienone is 5. The number of amides is 1. The summed E-state index contributed by atoms with van der Waals surface area (Å²) in [6.07, 6.45) is 7.86. The number of nitrogens with one attached hydrogen (secondary N) is 1. The van der Waals surface area contributed by atoms with Crippen LogP contribution in [0.25, 0.3) is 0 Å². The van der Waals surface area contributed by atoms with E-state index in [1.807, 2.05) is 6.08 Å². The molecule has 1 N–H and O–H groups in total. The summed E-state index contributed by atoms with van der Waals surface area (Å²) in [6.45, 7) is 11.1. The molecule has 0 radical (unpaired) electrons. The molecule has 1 amide bonds. The highest BCUT2D eigenvalue weighted by Crippen LogP contribution is 2.23. The lowest BCUT2D eigenvalue weighted by atomic mass is 9.90. The van der Waals surface area contributed by atoms with E-state index >= 15 is 0 Å². The molecule has 15 heavy (non-hydrogen) atoms. The van der Waals surface area contributed by atoms with Crippen molar-refractivity contribution in [3.63, 3.8) is 0 Å². The van der Waals surface area contributed by atoms with Crippen LogP contribution < -0.4 is 5.32 Å². The van der Waals surface area contributed by atoms with Crippen LogP contribution in [-0.2, 0) is 4.79 Å². The van der Waals surface area contributed by atoms with Crippen LogP contribution in [0.15, 0.2) is 49.2 Å². The zero-order valence-corrected chi connectivity index (χ0v) is 8.96. The lowest BCUT2D eigenvalue weighted by Crippen LogP contribution is -2.34. The van der Waals surface area contributed by atoms with Gasteiger partial charge in [-0.05, 0) is 24.8 Å². The molecule has 1 unspecified atom stereocenters. The molecule has 0 saturated carbocycles. The van der Waals surface area contributed by atoms with Crippen LogP contribution in [0.4, 0.5) is 0 Å². The molecule has 1 aliphatic rings. The van der Waals surface area contributed by atoms with E-state index in [0.29, 0.717) is 0 Å². The van der Waals surface area contributed by atoms with E-state index in [1.165, 1.54) is 0 Å². The highest BCUT2D eigenvalue weighted by atomic mass is 16.1. The summed E-state index contributed by atoms with van der Waals surface area (Å²) in [5.41, 5.74) is 1.88. The van der Waals surface area contributed by atoms with Gasteiger partial charge in [0.2, 0.25) is 5.91 Å². The molecule has 0 bridgehead atoms. The highest BCUT2D eigenvalue weighted by Gasteiger charge is 2.23. The molecule has 1 rings (SSSR count). The quantitative estimate of drug-likeness (QED) is 0.699. The Morgan fingerprint density at radius 2 is 2.27 bits per heavy atom. The monoisotopic (exact) mass is 203 g/mol. The third-order valence-electron chi connectivity index (χ3n) is 2.54. The van der Waals surface area contributed by atoms with Crippen molar-refractivity contribution in [1.82, 2.24) is 5.32 Å². The minimum absolute atomic E-state index is 0.0414. The fraction of sp³-hybridized carbons (Fsp3) is 0.308. The van der Waals surface area contributed by atoms with Gasteiger partial charge in [0.1, 0.15) is 0 Å². The normalized spacial score (nSPS) is 22.1. The summed E-state index contributed by atoms with van der Waals surface area (Å²) < 4.78 is 0. The molecule has 2 heteroatoms. The van der Waals surface area contributed by atoms with Crippen LogP contribution in [-0.4, -0.2) is 5.91 Å². The minimum atomic E-state index is 0.0414. The predicted molar refractivity (Wildman–Crippen MR) is 63.1 cm³/mol. The van der Waals surface area contributed by atoms with Gasteiger partial charge in [-0.1, -0.05) is 38.0 Å². The first-order valence-electron chi connectivity index (χ1n) is 5.10. The summed E-state index contributed by atoms with van der Waals surface area (Å²) in [5.74, 6) is 0.114. The van der Waals surface area contributed by atoms with Gasteiger partial charge in [-0.15, -0.1) is 0 Å². The van der Waals surface area contributed by atoms with E-state index in [0.717, 1.165) is 30.5 Å². The maximum atomic E-state index is 11.6. The van der Waals surface area contributed by atoms with Crippen LogP contribution in [0.5, 0.6) is 0 Å². The topological polar surface area (TPSA) is 29.1 Å². The Morgan fingerprint density at radius 1 is 1.53 bits per heavy atom. The van der Waals surface area contributed by atoms with E-state index in [1.54, 1.807) is 12.2 Å². The molecule has 1 atom stereocenters. The van der Waals surface area contributed by atoms with E-state index < -0.39 is 0 Å². The van der Waals surface area contributed by atoms with Crippen molar-refractivity contribution in [2.45, 2.75) is 19.3 Å². The molecule has 1 saturated heterocycles. The Bertz CT molecular complexity index is 325. The van der Waals surface area contributed by atoms with Crippen LogP contribution in [0, 0.1) is 5.92 Å². The second-order valence-electron chi connectivity index (χ2n) is 3.71. The number of hydrogen-bond donors (Lipinski definition) is 1. The van der Waals surface area contributed by atoms with E-state index in [9.17, 15) is 4.79 Å². The lowest BCUT2D eigenvalue weighted by molar-refractivity contribution is -0.125. The van der Waals surface area contributed by atoms with Gasteiger partial charge in [0.15, 0.2) is 0 Å². The Morgan fingerprint density at radius 3 is 2.80 bits per heavy atom. The minimum Gasteiger partial charge on any atom is -0.330 e. The SMILES string of the molecule is C=C/C=C(\C=C)CC1CCC(=C)NC1=O. The molecular weight excluding hydrogens is 186 g/mol. The van der Waals surface area contributed by atoms with E-state index in [2.05, 4.69) is 25.1 Å². The van der Waals surface area contributed by atoms with Crippen LogP contribution >= 0.6 is 0 Å². The molecule has 1 heterocycles. The molecule has 0 spiro atoms. The summed E-state index contributed by atoms with van der Waals surface area (Å²) in [4.78, 5) is 11.6. The average molecular weight is 203 g/mol. The van der Waals surface area contributed by atoms with Gasteiger partial charge < -0.3 is 5.32 Å². The summed E-state index contributed by atoms with van der Waals surface area (Å²) in [7, 11) is 0. The number of carbonyl (C=O) groups is 1. The number of piperidine rings is 1. The van der Waals surface area contributed by atoms with Crippen molar-refractivity contribution in [3.05, 3.63) is 49.2 Å². The number of hydrogen-bond acceptors (Lipinski definition) is 1. The van der Waals surface area contributed by atoms with Crippen LogP contribution in [0.1, 0.15) is 19.3 Å². The standard InChI is InChI=1S/C13H17NO/c1-4-6-11(5-2)9-12-8-7-10(3)14-13(12)15/h4-6,12H,1-3,7-9H2,(H,14,15)/b11-6+. The van der Waals surface area contributed by atoms with Gasteiger partial charge >= 0.3 is 0 Å². The Labute approximate surface area is 91.1 Å². The molecule has 0 aromatic carbocycles. The third-order valence-corrected chi connectivity index (χ3v) is 2.54. The summed E-state index contributed by atoms with van der Waals surface area (Å²) >= 11 is 0. The van der Waals surface area contributed by atoms with Gasteiger partial charge in [-0.2, -0.15) is 0 Å². The van der Waals surface area contributed by atoms with E-state index in [-0.39, 0.29) is 11.8 Å². The maximum Gasteiger partial charge on any atom is 0.227 e. The predicted octanol–water partition coefficient (Wildman–Crippen LogP) is 2.71. The maximum absolute atomic E-state index is 11.6. The second kappa shape index (κ2) is 5.35. The molecule has 2 nitrogen and oxygen atoms in total. The lowest BCUT2D eigenvalue weighted by Gasteiger charge is -2.23. The Balaban J connectivity index is 2.61. The largest absolute Gasteiger partial charge is 0.330 e. The third kappa shape index (κ3) is 3.24. The van der Waals surface area contributed by atoms with Gasteiger partial charge in [-0.25, -0.2) is 0 Å². The molecule has 80 valence electrons. The van der Waals surface area contributed by atoms with Gasteiger partial charge in [0.25, 0.3) is 0 Å². The molecule has 1 fully saturated rings. The first kappa shape index (κ1) is 11.5. The summed E-state index contributed by atoms with van der Waals surface area (Å²) in [5, 5.41) is 2.78. The zero-order chi connectivity index (χ0) is 11.3. The fourth-order valence-corrected chi connectivity index (χ4v) is 1.67. The fourth-order valence-electron chi connectivity index (χ4n) is 1.67. The van der Waals surface area contributed by atoms with Crippen molar-refractivity contribution in [2.24, 2.45) is 5.92 Å². The second-order valence-corrected chi connectivity index (χ2v) is 3.71. The first-order valence-corrected chi connectivity index (χ1v) is 5.10. The van der Waals surface area contributed by atoms with Crippen molar-refractivity contribution < 1.29 is 4.79 Å². The Hall–Kier alpha value is -1.57. The Kier molecular flexibility index (Phi) is 4.10. The van der Waals surface area contributed by atoms with E-state index in [4.69, 9.17) is 0 Å². The molecular formula is C13H17NO. The molecule has 0 aliphatic carbocycles. The number of rotatable bonds is 4. The first-order chi connectivity index (χ1) is 7.17. The smallest absolute Gasteiger partial charge is 0.227 e. The molecule has 1 aliphatic heterocycles. The highest BCUT2D eigenvalue weighted by molar-refractivity contribution is 5.81.